The van der Waals surface area contributed by atoms with Crippen LogP contribution < -0.4 is 15.4 Å². The molecule has 128 valence electrons. The minimum Gasteiger partial charge on any atom is -0.492 e. The van der Waals surface area contributed by atoms with E-state index in [0.717, 1.165) is 6.42 Å². The van der Waals surface area contributed by atoms with Crippen molar-refractivity contribution >= 4 is 23.3 Å². The first-order chi connectivity index (χ1) is 11.2. The molecule has 2 amide bonds. The van der Waals surface area contributed by atoms with E-state index in [9.17, 15) is 4.79 Å². The molecule has 0 radical (unpaired) electrons. The van der Waals surface area contributed by atoms with Crippen molar-refractivity contribution in [3.8, 4) is 5.75 Å². The highest BCUT2D eigenvalue weighted by molar-refractivity contribution is 6.32. The summed E-state index contributed by atoms with van der Waals surface area (Å²) in [7, 11) is 0. The minimum atomic E-state index is -0.244. The Hall–Kier alpha value is -1.46. The Kier molecular flexibility index (Phi) is 7.49. The van der Waals surface area contributed by atoms with Crippen LogP contribution in [0.2, 0.25) is 5.02 Å². The van der Waals surface area contributed by atoms with E-state index in [-0.39, 0.29) is 6.03 Å². The number of carbonyl (C=O) groups is 1. The molecule has 0 aliphatic heterocycles. The molecule has 1 fully saturated rings. The Balaban J connectivity index is 1.63. The van der Waals surface area contributed by atoms with Gasteiger partial charge in [-0.15, -0.1) is 0 Å². The van der Waals surface area contributed by atoms with Crippen LogP contribution >= 0.6 is 11.6 Å². The molecule has 5 nitrogen and oxygen atoms in total. The maximum atomic E-state index is 11.8. The Bertz CT molecular complexity index is 505. The molecule has 0 aromatic heterocycles. The number of amides is 2. The normalized spacial score (nSPS) is 14.7. The minimum absolute atomic E-state index is 0.244. The van der Waals surface area contributed by atoms with Crippen molar-refractivity contribution in [3.63, 3.8) is 0 Å². The van der Waals surface area contributed by atoms with Gasteiger partial charge in [0.15, 0.2) is 0 Å². The number of halogens is 1. The van der Waals surface area contributed by atoms with E-state index in [2.05, 4.69) is 10.6 Å². The lowest BCUT2D eigenvalue weighted by molar-refractivity contribution is 0.0572. The number of rotatable bonds is 8. The number of hydrogen-bond acceptors (Lipinski definition) is 3. The van der Waals surface area contributed by atoms with Gasteiger partial charge in [0.05, 0.1) is 17.7 Å². The number of hydrogen-bond donors (Lipinski definition) is 2. The van der Waals surface area contributed by atoms with Gasteiger partial charge in [-0.3, -0.25) is 0 Å². The lowest BCUT2D eigenvalue weighted by Crippen LogP contribution is -2.30. The van der Waals surface area contributed by atoms with Gasteiger partial charge in [0.25, 0.3) is 0 Å². The molecule has 2 N–H and O–H groups in total. The molecule has 0 heterocycles. The van der Waals surface area contributed by atoms with E-state index in [1.807, 2.05) is 6.92 Å². The fourth-order valence-electron chi connectivity index (χ4n) is 2.61. The van der Waals surface area contributed by atoms with E-state index >= 15 is 0 Å². The molecule has 0 unspecified atom stereocenters. The SMILES string of the molecule is CCOc1ccc(NC(=O)NCCCOC2CCCC2)cc1Cl. The van der Waals surface area contributed by atoms with Crippen molar-refractivity contribution < 1.29 is 14.3 Å². The maximum absolute atomic E-state index is 11.8. The van der Waals surface area contributed by atoms with Crippen LogP contribution in [0.15, 0.2) is 18.2 Å². The van der Waals surface area contributed by atoms with Crippen molar-refractivity contribution in [2.45, 2.75) is 45.1 Å². The lowest BCUT2D eigenvalue weighted by atomic mass is 10.3. The second kappa shape index (κ2) is 9.63. The second-order valence-corrected chi connectivity index (χ2v) is 6.00. The molecule has 0 saturated heterocycles. The number of benzene rings is 1. The van der Waals surface area contributed by atoms with Gasteiger partial charge in [0.2, 0.25) is 0 Å². The largest absolute Gasteiger partial charge is 0.492 e. The Labute approximate surface area is 142 Å². The summed E-state index contributed by atoms with van der Waals surface area (Å²) in [6.45, 7) is 3.73. The van der Waals surface area contributed by atoms with Crippen molar-refractivity contribution in [2.75, 3.05) is 25.1 Å². The second-order valence-electron chi connectivity index (χ2n) is 5.59. The fourth-order valence-corrected chi connectivity index (χ4v) is 2.84. The van der Waals surface area contributed by atoms with Crippen molar-refractivity contribution in [1.29, 1.82) is 0 Å². The Morgan fingerprint density at radius 1 is 1.35 bits per heavy atom. The molecule has 23 heavy (non-hydrogen) atoms. The lowest BCUT2D eigenvalue weighted by Gasteiger charge is -2.12. The highest BCUT2D eigenvalue weighted by atomic mass is 35.5. The van der Waals surface area contributed by atoms with Crippen molar-refractivity contribution in [3.05, 3.63) is 23.2 Å². The first kappa shape index (κ1) is 17.9. The maximum Gasteiger partial charge on any atom is 0.319 e. The first-order valence-electron chi connectivity index (χ1n) is 8.28. The van der Waals surface area contributed by atoms with Gasteiger partial charge in [-0.05, 0) is 44.4 Å². The summed E-state index contributed by atoms with van der Waals surface area (Å²) >= 11 is 6.09. The molecule has 2 rings (SSSR count). The van der Waals surface area contributed by atoms with E-state index in [4.69, 9.17) is 21.1 Å². The number of ether oxygens (including phenoxy) is 2. The standard InChI is InChI=1S/C17H25ClN2O3/c1-2-22-16-9-8-13(12-15(16)18)20-17(21)19-10-5-11-23-14-6-3-4-7-14/h8-9,12,14H,2-7,10-11H2,1H3,(H2,19,20,21). The molecule has 0 bridgehead atoms. The smallest absolute Gasteiger partial charge is 0.319 e. The van der Waals surface area contributed by atoms with Crippen LogP contribution in [-0.4, -0.2) is 31.9 Å². The number of urea groups is 1. The number of nitrogens with one attached hydrogen (secondary N) is 2. The van der Waals surface area contributed by atoms with E-state index in [1.54, 1.807) is 18.2 Å². The van der Waals surface area contributed by atoms with Crippen LogP contribution in [-0.2, 0) is 4.74 Å². The summed E-state index contributed by atoms with van der Waals surface area (Å²) in [5.41, 5.74) is 0.637. The van der Waals surface area contributed by atoms with Gasteiger partial charge in [-0.25, -0.2) is 4.79 Å². The predicted octanol–water partition coefficient (Wildman–Crippen LogP) is 4.21. The summed E-state index contributed by atoms with van der Waals surface area (Å²) in [4.78, 5) is 11.8. The molecule has 1 saturated carbocycles. The molecule has 0 atom stereocenters. The average molecular weight is 341 g/mol. The van der Waals surface area contributed by atoms with Crippen molar-refractivity contribution in [2.24, 2.45) is 0 Å². The number of carbonyl (C=O) groups excluding carboxylic acids is 1. The van der Waals surface area contributed by atoms with Gasteiger partial charge in [0.1, 0.15) is 5.75 Å². The summed E-state index contributed by atoms with van der Waals surface area (Å²) in [6.07, 6.45) is 6.13. The van der Waals surface area contributed by atoms with Crippen LogP contribution in [0, 0.1) is 0 Å². The summed E-state index contributed by atoms with van der Waals surface area (Å²) in [5, 5.41) is 6.05. The van der Waals surface area contributed by atoms with Gasteiger partial charge in [-0.2, -0.15) is 0 Å². The zero-order chi connectivity index (χ0) is 16.5. The van der Waals surface area contributed by atoms with Crippen LogP contribution in [0.4, 0.5) is 10.5 Å². The van der Waals surface area contributed by atoms with Crippen molar-refractivity contribution in [1.82, 2.24) is 5.32 Å². The van der Waals surface area contributed by atoms with Crippen LogP contribution in [0.25, 0.3) is 0 Å². The quantitative estimate of drug-likeness (QED) is 0.697. The molecular weight excluding hydrogens is 316 g/mol. The van der Waals surface area contributed by atoms with Crippen LogP contribution in [0.3, 0.4) is 0 Å². The Morgan fingerprint density at radius 2 is 2.13 bits per heavy atom. The average Bonchev–Trinajstić information content (AvgIpc) is 3.03. The third kappa shape index (κ3) is 6.28. The molecule has 0 spiro atoms. The molecule has 6 heteroatoms. The molecule has 1 aliphatic carbocycles. The third-order valence-corrected chi connectivity index (χ3v) is 4.05. The Morgan fingerprint density at radius 3 is 2.83 bits per heavy atom. The van der Waals surface area contributed by atoms with Gasteiger partial charge in [-0.1, -0.05) is 24.4 Å². The summed E-state index contributed by atoms with van der Waals surface area (Å²) in [6, 6.07) is 4.94. The van der Waals surface area contributed by atoms with E-state index in [0.29, 0.717) is 42.3 Å². The number of anilines is 1. The van der Waals surface area contributed by atoms with Gasteiger partial charge < -0.3 is 20.1 Å². The first-order valence-corrected chi connectivity index (χ1v) is 8.65. The third-order valence-electron chi connectivity index (χ3n) is 3.75. The molecule has 1 aliphatic rings. The topological polar surface area (TPSA) is 59.6 Å². The van der Waals surface area contributed by atoms with Gasteiger partial charge >= 0.3 is 6.03 Å². The zero-order valence-corrected chi connectivity index (χ0v) is 14.3. The zero-order valence-electron chi connectivity index (χ0n) is 13.6. The summed E-state index contributed by atoms with van der Waals surface area (Å²) < 4.78 is 11.1. The predicted molar refractivity (Wildman–Crippen MR) is 92.5 cm³/mol. The highest BCUT2D eigenvalue weighted by Gasteiger charge is 2.14. The molecule has 1 aromatic rings. The van der Waals surface area contributed by atoms with Crippen LogP contribution in [0.1, 0.15) is 39.0 Å². The monoisotopic (exact) mass is 340 g/mol. The molecule has 1 aromatic carbocycles. The fraction of sp³-hybridized carbons (Fsp3) is 0.588. The van der Waals surface area contributed by atoms with Gasteiger partial charge in [0, 0.05) is 18.8 Å². The molecular formula is C17H25ClN2O3. The summed E-state index contributed by atoms with van der Waals surface area (Å²) in [5.74, 6) is 0.615. The van der Waals surface area contributed by atoms with E-state index < -0.39 is 0 Å². The van der Waals surface area contributed by atoms with E-state index in [1.165, 1.54) is 25.7 Å². The highest BCUT2D eigenvalue weighted by Crippen LogP contribution is 2.27. The van der Waals surface area contributed by atoms with Crippen LogP contribution in [0.5, 0.6) is 5.75 Å².